The van der Waals surface area contributed by atoms with Crippen LogP contribution in [0.2, 0.25) is 10.0 Å². The Morgan fingerprint density at radius 2 is 1.85 bits per heavy atom. The van der Waals surface area contributed by atoms with Crippen LogP contribution in [0.3, 0.4) is 0 Å². The van der Waals surface area contributed by atoms with Gasteiger partial charge in [-0.15, -0.1) is 0 Å². The van der Waals surface area contributed by atoms with Gasteiger partial charge < -0.3 is 4.74 Å². The Morgan fingerprint density at radius 3 is 2.63 bits per heavy atom. The summed E-state index contributed by atoms with van der Waals surface area (Å²) in [5.41, 5.74) is 2.79. The highest BCUT2D eigenvalue weighted by molar-refractivity contribution is 9.10. The molecule has 0 radical (unpaired) electrons. The van der Waals surface area contributed by atoms with E-state index in [0.29, 0.717) is 27.0 Å². The van der Waals surface area contributed by atoms with Crippen molar-refractivity contribution in [1.82, 2.24) is 0 Å². The first kappa shape index (κ1) is 19.6. The van der Waals surface area contributed by atoms with Crippen molar-refractivity contribution < 1.29 is 9.53 Å². The SMILES string of the molecule is Cc1cccc(C(=O)Oc2cc(Br)cc(C=Nc3cccc(Cl)c3Cl)c2)c1. The topological polar surface area (TPSA) is 38.7 Å². The smallest absolute Gasteiger partial charge is 0.343 e. The monoisotopic (exact) mass is 461 g/mol. The molecule has 0 saturated carbocycles. The van der Waals surface area contributed by atoms with E-state index in [2.05, 4.69) is 20.9 Å². The molecule has 0 aliphatic heterocycles. The predicted molar refractivity (Wildman–Crippen MR) is 114 cm³/mol. The average molecular weight is 463 g/mol. The summed E-state index contributed by atoms with van der Waals surface area (Å²) in [4.78, 5) is 16.7. The van der Waals surface area contributed by atoms with E-state index in [4.69, 9.17) is 27.9 Å². The van der Waals surface area contributed by atoms with Crippen molar-refractivity contribution in [3.05, 3.63) is 91.9 Å². The van der Waals surface area contributed by atoms with Crippen LogP contribution in [-0.4, -0.2) is 12.2 Å². The first-order chi connectivity index (χ1) is 12.9. The number of ether oxygens (including phenoxy) is 1. The molecule has 3 rings (SSSR count). The van der Waals surface area contributed by atoms with Gasteiger partial charge in [-0.1, -0.05) is 62.9 Å². The molecule has 3 nitrogen and oxygen atoms in total. The maximum atomic E-state index is 12.3. The minimum absolute atomic E-state index is 0.386. The van der Waals surface area contributed by atoms with Gasteiger partial charge in [0.15, 0.2) is 0 Å². The molecular formula is C21H14BrCl2NO2. The number of hydrogen-bond acceptors (Lipinski definition) is 3. The van der Waals surface area contributed by atoms with E-state index in [0.717, 1.165) is 15.6 Å². The van der Waals surface area contributed by atoms with Crippen molar-refractivity contribution in [2.45, 2.75) is 6.92 Å². The largest absolute Gasteiger partial charge is 0.423 e. The van der Waals surface area contributed by atoms with Crippen molar-refractivity contribution in [2.75, 3.05) is 0 Å². The highest BCUT2D eigenvalue weighted by atomic mass is 79.9. The Morgan fingerprint density at radius 1 is 1.07 bits per heavy atom. The molecule has 0 N–H and O–H groups in total. The minimum Gasteiger partial charge on any atom is -0.423 e. The number of esters is 1. The number of halogens is 3. The van der Waals surface area contributed by atoms with E-state index in [1.54, 1.807) is 48.7 Å². The van der Waals surface area contributed by atoms with E-state index >= 15 is 0 Å². The molecule has 0 saturated heterocycles. The van der Waals surface area contributed by atoms with Crippen molar-refractivity contribution in [3.8, 4) is 5.75 Å². The molecule has 0 aliphatic rings. The van der Waals surface area contributed by atoms with Gasteiger partial charge in [0.1, 0.15) is 5.75 Å². The average Bonchev–Trinajstić information content (AvgIpc) is 2.62. The maximum absolute atomic E-state index is 12.3. The van der Waals surface area contributed by atoms with Gasteiger partial charge in [-0.2, -0.15) is 0 Å². The first-order valence-corrected chi connectivity index (χ1v) is 9.55. The number of aryl methyl sites for hydroxylation is 1. The summed E-state index contributed by atoms with van der Waals surface area (Å²) >= 11 is 15.6. The third-order valence-corrected chi connectivity index (χ3v) is 4.91. The van der Waals surface area contributed by atoms with Crippen LogP contribution in [0.25, 0.3) is 0 Å². The highest BCUT2D eigenvalue weighted by Crippen LogP contribution is 2.31. The third-order valence-electron chi connectivity index (χ3n) is 3.64. The number of carbonyl (C=O) groups excluding carboxylic acids is 1. The standard InChI is InChI=1S/C21H14BrCl2NO2/c1-13-4-2-5-15(8-13)21(26)27-17-10-14(9-16(22)11-17)12-25-19-7-3-6-18(23)20(19)24/h2-12H,1H3. The van der Waals surface area contributed by atoms with Crippen LogP contribution >= 0.6 is 39.1 Å². The fraction of sp³-hybridized carbons (Fsp3) is 0.0476. The molecule has 3 aromatic rings. The predicted octanol–water partition coefficient (Wildman–Crippen LogP) is 7.03. The van der Waals surface area contributed by atoms with Gasteiger partial charge in [-0.25, -0.2) is 4.79 Å². The second-order valence-electron chi connectivity index (χ2n) is 5.81. The summed E-state index contributed by atoms with van der Waals surface area (Å²) in [6.07, 6.45) is 1.63. The van der Waals surface area contributed by atoms with E-state index < -0.39 is 5.97 Å². The third kappa shape index (κ3) is 5.19. The number of rotatable bonds is 4. The Balaban J connectivity index is 1.83. The molecule has 6 heteroatoms. The zero-order valence-corrected chi connectivity index (χ0v) is 17.3. The fourth-order valence-electron chi connectivity index (χ4n) is 2.39. The zero-order chi connectivity index (χ0) is 19.4. The van der Waals surface area contributed by atoms with Crippen LogP contribution in [0, 0.1) is 6.92 Å². The molecule has 136 valence electrons. The summed E-state index contributed by atoms with van der Waals surface area (Å²) in [5, 5.41) is 0.824. The molecule has 0 atom stereocenters. The Bertz CT molecular complexity index is 1030. The van der Waals surface area contributed by atoms with Gasteiger partial charge in [0.05, 0.1) is 21.3 Å². The molecule has 27 heavy (non-hydrogen) atoms. The maximum Gasteiger partial charge on any atom is 0.343 e. The molecular weight excluding hydrogens is 449 g/mol. The van der Waals surface area contributed by atoms with Crippen LogP contribution < -0.4 is 4.74 Å². The van der Waals surface area contributed by atoms with Gasteiger partial charge in [-0.05, 0) is 55.0 Å². The quantitative estimate of drug-likeness (QED) is 0.237. The number of hydrogen-bond donors (Lipinski definition) is 0. The summed E-state index contributed by atoms with van der Waals surface area (Å²) in [6, 6.07) is 17.8. The molecule has 0 spiro atoms. The van der Waals surface area contributed by atoms with E-state index in [9.17, 15) is 4.79 Å². The number of carbonyl (C=O) groups is 1. The molecule has 0 amide bonds. The van der Waals surface area contributed by atoms with Crippen LogP contribution in [0.1, 0.15) is 21.5 Å². The van der Waals surface area contributed by atoms with Gasteiger partial charge in [0.2, 0.25) is 0 Å². The molecule has 0 bridgehead atoms. The molecule has 0 unspecified atom stereocenters. The zero-order valence-electron chi connectivity index (χ0n) is 14.2. The number of nitrogens with zero attached hydrogens (tertiary/aromatic N) is 1. The van der Waals surface area contributed by atoms with E-state index in [-0.39, 0.29) is 0 Å². The van der Waals surface area contributed by atoms with Crippen molar-refractivity contribution in [1.29, 1.82) is 0 Å². The Labute approximate surface area is 175 Å². The summed E-state index contributed by atoms with van der Waals surface area (Å²) in [7, 11) is 0. The number of aliphatic imine (C=N–C) groups is 1. The second-order valence-corrected chi connectivity index (χ2v) is 7.51. The molecule has 3 aromatic carbocycles. The van der Waals surface area contributed by atoms with Gasteiger partial charge in [0.25, 0.3) is 0 Å². The van der Waals surface area contributed by atoms with Gasteiger partial charge >= 0.3 is 5.97 Å². The lowest BCUT2D eigenvalue weighted by Crippen LogP contribution is -2.08. The normalized spacial score (nSPS) is 11.0. The van der Waals surface area contributed by atoms with E-state index in [1.165, 1.54) is 0 Å². The lowest BCUT2D eigenvalue weighted by Gasteiger charge is -2.07. The van der Waals surface area contributed by atoms with Gasteiger partial charge in [0, 0.05) is 10.7 Å². The first-order valence-electron chi connectivity index (χ1n) is 8.00. The van der Waals surface area contributed by atoms with Crippen LogP contribution in [0.5, 0.6) is 5.75 Å². The molecule has 0 heterocycles. The van der Waals surface area contributed by atoms with Gasteiger partial charge in [-0.3, -0.25) is 4.99 Å². The lowest BCUT2D eigenvalue weighted by atomic mass is 10.1. The van der Waals surface area contributed by atoms with Crippen LogP contribution in [-0.2, 0) is 0 Å². The Hall–Kier alpha value is -2.14. The molecule has 0 aromatic heterocycles. The second kappa shape index (κ2) is 8.70. The van der Waals surface area contributed by atoms with Crippen molar-refractivity contribution in [2.24, 2.45) is 4.99 Å². The number of benzene rings is 3. The minimum atomic E-state index is -0.419. The van der Waals surface area contributed by atoms with Crippen molar-refractivity contribution in [3.63, 3.8) is 0 Å². The van der Waals surface area contributed by atoms with Crippen LogP contribution in [0.15, 0.2) is 70.1 Å². The summed E-state index contributed by atoms with van der Waals surface area (Å²) < 4.78 is 6.25. The lowest BCUT2D eigenvalue weighted by molar-refractivity contribution is 0.0734. The summed E-state index contributed by atoms with van der Waals surface area (Å²) in [6.45, 7) is 1.92. The van der Waals surface area contributed by atoms with Crippen LogP contribution in [0.4, 0.5) is 5.69 Å². The highest BCUT2D eigenvalue weighted by Gasteiger charge is 2.10. The fourth-order valence-corrected chi connectivity index (χ4v) is 3.23. The molecule has 0 fully saturated rings. The van der Waals surface area contributed by atoms with Crippen molar-refractivity contribution >= 4 is 57.0 Å². The van der Waals surface area contributed by atoms with E-state index in [1.807, 2.05) is 25.1 Å². The Kier molecular flexibility index (Phi) is 6.32. The summed E-state index contributed by atoms with van der Waals surface area (Å²) in [5.74, 6) is -0.00732. The molecule has 0 aliphatic carbocycles.